The van der Waals surface area contributed by atoms with Gasteiger partial charge in [-0.1, -0.05) is 35.3 Å². The largest absolute Gasteiger partial charge is 0.489 e. The summed E-state index contributed by atoms with van der Waals surface area (Å²) in [5, 5.41) is 14.7. The maximum absolute atomic E-state index is 12.8. The molecule has 9 heteroatoms. The summed E-state index contributed by atoms with van der Waals surface area (Å²) in [6, 6.07) is 18.5. The number of anilines is 1. The molecular formula is C24H24Cl2N2O4S. The summed E-state index contributed by atoms with van der Waals surface area (Å²) in [5.41, 5.74) is 2.05. The van der Waals surface area contributed by atoms with Crippen molar-refractivity contribution in [1.82, 2.24) is 5.32 Å². The van der Waals surface area contributed by atoms with Gasteiger partial charge in [0.1, 0.15) is 11.9 Å². The summed E-state index contributed by atoms with van der Waals surface area (Å²) in [6.45, 7) is 0.940. The molecule has 3 aromatic rings. The zero-order valence-corrected chi connectivity index (χ0v) is 20.0. The summed E-state index contributed by atoms with van der Waals surface area (Å²) >= 11 is 11.8. The first-order valence-electron chi connectivity index (χ1n) is 10.5. The highest BCUT2D eigenvalue weighted by Gasteiger charge is 2.23. The molecule has 3 N–H and O–H groups in total. The Balaban J connectivity index is 1.33. The van der Waals surface area contributed by atoms with Gasteiger partial charge in [-0.15, -0.1) is 0 Å². The minimum absolute atomic E-state index is 0.0706. The average molecular weight is 507 g/mol. The predicted molar refractivity (Wildman–Crippen MR) is 131 cm³/mol. The molecule has 0 spiro atoms. The topological polar surface area (TPSA) is 87.7 Å². The van der Waals surface area contributed by atoms with E-state index in [1.165, 1.54) is 6.07 Å². The Morgan fingerprint density at radius 1 is 1.03 bits per heavy atom. The molecule has 174 valence electrons. The number of nitrogens with one attached hydrogen (secondary N) is 2. The highest BCUT2D eigenvalue weighted by Crippen LogP contribution is 2.30. The van der Waals surface area contributed by atoms with Gasteiger partial charge < -0.3 is 15.2 Å². The van der Waals surface area contributed by atoms with Gasteiger partial charge in [0.2, 0.25) is 0 Å². The molecule has 3 aromatic carbocycles. The molecule has 1 heterocycles. The quantitative estimate of drug-likeness (QED) is 0.407. The number of hydrogen-bond acceptors (Lipinski definition) is 5. The molecule has 0 aliphatic carbocycles. The van der Waals surface area contributed by atoms with Gasteiger partial charge in [0.05, 0.1) is 11.0 Å². The van der Waals surface area contributed by atoms with E-state index in [0.29, 0.717) is 41.0 Å². The molecule has 1 aliphatic heterocycles. The zero-order chi connectivity index (χ0) is 23.4. The van der Waals surface area contributed by atoms with E-state index in [1.54, 1.807) is 48.5 Å². The van der Waals surface area contributed by atoms with Crippen molar-refractivity contribution in [2.75, 3.05) is 17.8 Å². The van der Waals surface area contributed by atoms with Crippen LogP contribution in [-0.2, 0) is 16.4 Å². The molecule has 0 bridgehead atoms. The summed E-state index contributed by atoms with van der Waals surface area (Å²) in [5.74, 6) is 0.675. The van der Waals surface area contributed by atoms with Crippen molar-refractivity contribution in [3.8, 4) is 5.75 Å². The van der Waals surface area contributed by atoms with Crippen LogP contribution in [0, 0.1) is 0 Å². The number of sulfonamides is 1. The van der Waals surface area contributed by atoms with E-state index in [0.717, 1.165) is 17.5 Å². The Bertz CT molecular complexity index is 1220. The van der Waals surface area contributed by atoms with Crippen molar-refractivity contribution in [2.24, 2.45) is 0 Å². The van der Waals surface area contributed by atoms with Gasteiger partial charge in [0.15, 0.2) is 0 Å². The lowest BCUT2D eigenvalue weighted by atomic mass is 10.0. The predicted octanol–water partition coefficient (Wildman–Crippen LogP) is 4.81. The molecule has 0 saturated heterocycles. The maximum Gasteiger partial charge on any atom is 0.261 e. The number of halogens is 2. The third-order valence-electron chi connectivity index (χ3n) is 5.41. The first-order valence-corrected chi connectivity index (χ1v) is 12.8. The van der Waals surface area contributed by atoms with Crippen LogP contribution in [-0.4, -0.2) is 32.7 Å². The van der Waals surface area contributed by atoms with E-state index in [9.17, 15) is 13.5 Å². The van der Waals surface area contributed by atoms with Crippen molar-refractivity contribution in [3.05, 3.63) is 87.9 Å². The lowest BCUT2D eigenvalue weighted by Crippen LogP contribution is -2.36. The zero-order valence-electron chi connectivity index (χ0n) is 17.7. The van der Waals surface area contributed by atoms with Gasteiger partial charge in [-0.2, -0.15) is 0 Å². The molecule has 2 atom stereocenters. The Kier molecular flexibility index (Phi) is 7.46. The second kappa shape index (κ2) is 10.3. The first-order chi connectivity index (χ1) is 15.8. The molecule has 1 unspecified atom stereocenters. The smallest absolute Gasteiger partial charge is 0.261 e. The molecule has 0 aromatic heterocycles. The second-order valence-electron chi connectivity index (χ2n) is 7.89. The third kappa shape index (κ3) is 6.19. The molecular weight excluding hydrogens is 483 g/mol. The van der Waals surface area contributed by atoms with E-state index in [-0.39, 0.29) is 11.0 Å². The molecule has 0 radical (unpaired) electrons. The van der Waals surface area contributed by atoms with Gasteiger partial charge in [-0.3, -0.25) is 4.72 Å². The first kappa shape index (κ1) is 23.9. The number of fused-ring (bicyclic) bond motifs is 1. The normalized spacial score (nSPS) is 16.5. The van der Waals surface area contributed by atoms with Gasteiger partial charge in [0, 0.05) is 28.8 Å². The van der Waals surface area contributed by atoms with Crippen LogP contribution in [0.25, 0.3) is 0 Å². The van der Waals surface area contributed by atoms with Crippen LogP contribution in [0.3, 0.4) is 0 Å². The van der Waals surface area contributed by atoms with Crippen LogP contribution in [0.4, 0.5) is 5.69 Å². The van der Waals surface area contributed by atoms with Gasteiger partial charge in [-0.25, -0.2) is 8.42 Å². The standard InChI is InChI=1S/C24H24Cl2N2O4S/c25-18-5-7-20(8-6-18)28-33(30,31)22-10-11-24-17(13-22)4-9-21(32-24)14-27-15-23(29)16-2-1-3-19(26)12-16/h1-3,5-8,10-13,21,23,27-29H,4,9,14-15H2/t21?,23-/m0/s1. The maximum atomic E-state index is 12.8. The summed E-state index contributed by atoms with van der Waals surface area (Å²) in [7, 11) is -3.72. The number of aliphatic hydroxyl groups is 1. The minimum Gasteiger partial charge on any atom is -0.489 e. The highest BCUT2D eigenvalue weighted by molar-refractivity contribution is 7.92. The van der Waals surface area contributed by atoms with Crippen LogP contribution >= 0.6 is 23.2 Å². The van der Waals surface area contributed by atoms with Crippen molar-refractivity contribution >= 4 is 38.9 Å². The SMILES string of the molecule is O=S(=O)(Nc1ccc(Cl)cc1)c1ccc2c(c1)CCC(CNC[C@H](O)c1cccc(Cl)c1)O2. The highest BCUT2D eigenvalue weighted by atomic mass is 35.5. The number of ether oxygens (including phenoxy) is 1. The number of rotatable bonds is 8. The summed E-state index contributed by atoms with van der Waals surface area (Å²) in [6.07, 6.45) is 0.698. The lowest BCUT2D eigenvalue weighted by Gasteiger charge is -2.27. The van der Waals surface area contributed by atoms with Crippen LogP contribution in [0.5, 0.6) is 5.75 Å². The fourth-order valence-electron chi connectivity index (χ4n) is 3.68. The van der Waals surface area contributed by atoms with E-state index in [1.807, 2.05) is 12.1 Å². The Labute approximate surface area is 203 Å². The molecule has 4 rings (SSSR count). The molecule has 0 fully saturated rings. The van der Waals surface area contributed by atoms with E-state index in [4.69, 9.17) is 27.9 Å². The minimum atomic E-state index is -3.72. The van der Waals surface area contributed by atoms with E-state index >= 15 is 0 Å². The summed E-state index contributed by atoms with van der Waals surface area (Å²) < 4.78 is 34.1. The third-order valence-corrected chi connectivity index (χ3v) is 7.28. The monoisotopic (exact) mass is 506 g/mol. The summed E-state index contributed by atoms with van der Waals surface area (Å²) in [4.78, 5) is 0.181. The van der Waals surface area contributed by atoms with Crippen LogP contribution in [0.15, 0.2) is 71.6 Å². The number of benzene rings is 3. The van der Waals surface area contributed by atoms with Crippen molar-refractivity contribution < 1.29 is 18.3 Å². The second-order valence-corrected chi connectivity index (χ2v) is 10.4. The molecule has 6 nitrogen and oxygen atoms in total. The molecule has 0 saturated carbocycles. The van der Waals surface area contributed by atoms with Crippen molar-refractivity contribution in [3.63, 3.8) is 0 Å². The number of aryl methyl sites for hydroxylation is 1. The average Bonchev–Trinajstić information content (AvgIpc) is 2.80. The van der Waals surface area contributed by atoms with Crippen LogP contribution in [0.1, 0.15) is 23.7 Å². The van der Waals surface area contributed by atoms with Crippen molar-refractivity contribution in [2.45, 2.75) is 29.9 Å². The molecule has 33 heavy (non-hydrogen) atoms. The van der Waals surface area contributed by atoms with Crippen LogP contribution < -0.4 is 14.8 Å². The Hall–Kier alpha value is -2.29. The number of hydrogen-bond donors (Lipinski definition) is 3. The Morgan fingerprint density at radius 3 is 2.58 bits per heavy atom. The van der Waals surface area contributed by atoms with Gasteiger partial charge >= 0.3 is 0 Å². The van der Waals surface area contributed by atoms with Gasteiger partial charge in [-0.05, 0) is 78.6 Å². The van der Waals surface area contributed by atoms with Crippen molar-refractivity contribution in [1.29, 1.82) is 0 Å². The Morgan fingerprint density at radius 2 is 1.82 bits per heavy atom. The molecule has 1 aliphatic rings. The van der Waals surface area contributed by atoms with Gasteiger partial charge in [0.25, 0.3) is 10.0 Å². The number of aliphatic hydroxyl groups excluding tert-OH is 1. The fraction of sp³-hybridized carbons (Fsp3) is 0.250. The lowest BCUT2D eigenvalue weighted by molar-refractivity contribution is 0.146. The molecule has 0 amide bonds. The van der Waals surface area contributed by atoms with Crippen LogP contribution in [0.2, 0.25) is 10.0 Å². The van der Waals surface area contributed by atoms with E-state index < -0.39 is 16.1 Å². The fourth-order valence-corrected chi connectivity index (χ4v) is 5.11. The van der Waals surface area contributed by atoms with E-state index in [2.05, 4.69) is 10.0 Å².